The van der Waals surface area contributed by atoms with E-state index in [9.17, 15) is 0 Å². The fourth-order valence-electron chi connectivity index (χ4n) is 18.1. The second-order valence-electron chi connectivity index (χ2n) is 30.6. The second kappa shape index (κ2) is 17.4. The number of rotatable bonds is 3. The molecule has 1 fully saturated rings. The maximum Gasteiger partial charge on any atom is 0.252 e. The van der Waals surface area contributed by atoms with E-state index in [1.54, 1.807) is 0 Å². The molecule has 6 heteroatoms. The Bertz CT molecular complexity index is 4790. The van der Waals surface area contributed by atoms with Crippen LogP contribution in [0, 0.1) is 0 Å². The van der Waals surface area contributed by atoms with Crippen molar-refractivity contribution in [1.82, 2.24) is 0 Å². The van der Waals surface area contributed by atoms with Gasteiger partial charge < -0.3 is 14.7 Å². The Morgan fingerprint density at radius 2 is 0.872 bits per heavy atom. The smallest absolute Gasteiger partial charge is 0.252 e. The van der Waals surface area contributed by atoms with E-state index in [0.717, 1.165) is 19.3 Å². The molecule has 0 radical (unpaired) electrons. The van der Waals surface area contributed by atoms with Gasteiger partial charge in [-0.1, -0.05) is 205 Å². The average Bonchev–Trinajstić information content (AvgIpc) is 1.04. The maximum absolute atomic E-state index is 2.88. The first-order chi connectivity index (χ1) is 41.0. The Kier molecular flexibility index (Phi) is 10.7. The lowest BCUT2D eigenvalue weighted by Crippen LogP contribution is -2.62. The molecule has 0 saturated heterocycles. The van der Waals surface area contributed by atoms with Crippen molar-refractivity contribution in [3.8, 4) is 0 Å². The van der Waals surface area contributed by atoms with E-state index < -0.39 is 0 Å². The highest BCUT2D eigenvalue weighted by Crippen LogP contribution is 2.63. The van der Waals surface area contributed by atoms with E-state index in [2.05, 4.69) is 269 Å². The first-order valence-electron chi connectivity index (χ1n) is 32.0. The Labute approximate surface area is 517 Å². The van der Waals surface area contributed by atoms with Gasteiger partial charge in [0.15, 0.2) is 0 Å². The lowest BCUT2D eigenvalue weighted by molar-refractivity contribution is 0.195. The minimum Gasteiger partial charge on any atom is -0.334 e. The molecule has 0 N–H and O–H groups in total. The number of hydrogen-bond acceptors (Lipinski definition) is 5. The van der Waals surface area contributed by atoms with Gasteiger partial charge in [0.25, 0.3) is 6.71 Å². The van der Waals surface area contributed by atoms with Crippen LogP contribution in [0.4, 0.5) is 45.5 Å². The standard InChI is InChI=1S/C80H78BN3S2/c1-74(2,3)47-34-35-62-59(40-47)79(12)36-20-21-37-80(79,13)84(62)48-41-67-71-68(42-48)83(64-31-23-27-52-50-25-15-19-33-70(50)86-73(52)64)66-46-58-57(77(8,9)53-28-16-17-29-54(53)78(58,10)11)44-61(66)81(71)60-43-55-56(76(6,7)39-38-75(55,4)5)45-65(60)82(67)63-30-22-26-51-49-24-14-18-32-69(49)85-72(51)63/h14-19,22-35,40-46H,20-21,36-39H2,1-13H3. The van der Waals surface area contributed by atoms with E-state index >= 15 is 0 Å². The van der Waals surface area contributed by atoms with Crippen molar-refractivity contribution in [2.75, 3.05) is 14.7 Å². The van der Waals surface area contributed by atoms with Crippen molar-refractivity contribution in [1.29, 1.82) is 0 Å². The number of nitrogens with zero attached hydrogens (tertiary/aromatic N) is 3. The van der Waals surface area contributed by atoms with Crippen LogP contribution in [-0.2, 0) is 32.5 Å². The zero-order chi connectivity index (χ0) is 59.1. The zero-order valence-electron chi connectivity index (χ0n) is 52.6. The number of benzene rings is 9. The van der Waals surface area contributed by atoms with Crippen molar-refractivity contribution < 1.29 is 0 Å². The minimum atomic E-state index is -0.261. The summed E-state index contributed by atoms with van der Waals surface area (Å²) in [5.74, 6) is 0. The summed E-state index contributed by atoms with van der Waals surface area (Å²) in [5, 5.41) is 5.29. The Morgan fingerprint density at radius 3 is 1.43 bits per heavy atom. The molecular formula is C80H78BN3S2. The topological polar surface area (TPSA) is 9.72 Å². The molecule has 11 aromatic rings. The number of fused-ring (bicyclic) bond motifs is 16. The van der Waals surface area contributed by atoms with Crippen molar-refractivity contribution >= 4 is 132 Å². The monoisotopic (exact) mass is 1160 g/mol. The predicted octanol–water partition coefficient (Wildman–Crippen LogP) is 20.9. The predicted molar refractivity (Wildman–Crippen MR) is 374 cm³/mol. The molecule has 3 nitrogen and oxygen atoms in total. The largest absolute Gasteiger partial charge is 0.334 e. The van der Waals surface area contributed by atoms with Gasteiger partial charge in [-0.3, -0.25) is 0 Å². The quantitative estimate of drug-likeness (QED) is 0.163. The molecule has 6 aliphatic rings. The maximum atomic E-state index is 2.88. The van der Waals surface area contributed by atoms with Crippen molar-refractivity contribution in [2.45, 2.75) is 167 Å². The van der Waals surface area contributed by atoms with Gasteiger partial charge in [-0.25, -0.2) is 0 Å². The molecule has 1 saturated carbocycles. The number of thiophene rings is 2. The summed E-state index contributed by atoms with van der Waals surface area (Å²) in [5.41, 5.74) is 25.4. The summed E-state index contributed by atoms with van der Waals surface area (Å²) >= 11 is 3.91. The fourth-order valence-corrected chi connectivity index (χ4v) is 20.5. The van der Waals surface area contributed by atoms with E-state index in [4.69, 9.17) is 0 Å². The molecule has 5 heterocycles. The summed E-state index contributed by atoms with van der Waals surface area (Å²) < 4.78 is 5.32. The van der Waals surface area contributed by atoms with Gasteiger partial charge in [0.05, 0.1) is 26.3 Å². The number of anilines is 8. The van der Waals surface area contributed by atoms with Crippen molar-refractivity contribution in [3.63, 3.8) is 0 Å². The molecular weight excluding hydrogens is 1080 g/mol. The molecule has 2 aromatic heterocycles. The van der Waals surface area contributed by atoms with Crippen LogP contribution < -0.4 is 31.1 Å². The molecule has 2 atom stereocenters. The van der Waals surface area contributed by atoms with Crippen LogP contribution >= 0.6 is 22.7 Å². The molecule has 0 amide bonds. The molecule has 3 aliphatic carbocycles. The molecule has 9 aromatic carbocycles. The van der Waals surface area contributed by atoms with Crippen LogP contribution in [0.5, 0.6) is 0 Å². The van der Waals surface area contributed by atoms with Gasteiger partial charge in [-0.15, -0.1) is 22.7 Å². The van der Waals surface area contributed by atoms with Crippen LogP contribution in [0.1, 0.15) is 173 Å². The summed E-state index contributed by atoms with van der Waals surface area (Å²) in [6.07, 6.45) is 7.03. The lowest BCUT2D eigenvalue weighted by Gasteiger charge is -2.51. The number of hydrogen-bond donors (Lipinski definition) is 0. The summed E-state index contributed by atoms with van der Waals surface area (Å²) in [6, 6.07) is 65.9. The van der Waals surface area contributed by atoms with Gasteiger partial charge in [0.2, 0.25) is 0 Å². The molecule has 428 valence electrons. The highest BCUT2D eigenvalue weighted by atomic mass is 32.1. The highest BCUT2D eigenvalue weighted by Gasteiger charge is 2.59. The molecule has 86 heavy (non-hydrogen) atoms. The first-order valence-corrected chi connectivity index (χ1v) is 33.7. The van der Waals surface area contributed by atoms with Crippen LogP contribution in [0.3, 0.4) is 0 Å². The van der Waals surface area contributed by atoms with Crippen LogP contribution in [0.2, 0.25) is 0 Å². The zero-order valence-corrected chi connectivity index (χ0v) is 54.2. The van der Waals surface area contributed by atoms with Crippen molar-refractivity contribution in [3.05, 3.63) is 208 Å². The first kappa shape index (κ1) is 53.2. The SMILES string of the molecule is CC(C)(C)c1ccc2c(c1)C1(C)CCCCC1(C)N2c1cc2c3c(c1)N(c1cccc4c1sc1ccccc14)c1cc4c(cc1B3c1cc3c(cc1N2c1cccc2c1sc1ccccc12)C(C)(C)CCC3(C)C)C(C)(C)c1ccccc1C4(C)C. The Hall–Kier alpha value is -7.12. The molecule has 2 unspecified atom stereocenters. The van der Waals surface area contributed by atoms with E-state index in [1.165, 1.54) is 166 Å². The van der Waals surface area contributed by atoms with Gasteiger partial charge >= 0.3 is 0 Å². The van der Waals surface area contributed by atoms with E-state index in [-0.39, 0.29) is 44.7 Å². The molecule has 17 rings (SSSR count). The normalized spacial score (nSPS) is 21.6. The highest BCUT2D eigenvalue weighted by molar-refractivity contribution is 7.27. The second-order valence-corrected chi connectivity index (χ2v) is 32.7. The fraction of sp³-hybridized carbons (Fsp3) is 0.325. The third-order valence-electron chi connectivity index (χ3n) is 23.3. The molecule has 3 aliphatic heterocycles. The summed E-state index contributed by atoms with van der Waals surface area (Å²) in [7, 11) is 0. The van der Waals surface area contributed by atoms with Gasteiger partial charge in [0.1, 0.15) is 0 Å². The summed E-state index contributed by atoms with van der Waals surface area (Å²) in [4.78, 5) is 8.48. The van der Waals surface area contributed by atoms with E-state index in [0.29, 0.717) is 0 Å². The molecule has 0 bridgehead atoms. The van der Waals surface area contributed by atoms with Crippen molar-refractivity contribution in [2.24, 2.45) is 0 Å². The Morgan fingerprint density at radius 1 is 0.395 bits per heavy atom. The van der Waals surface area contributed by atoms with Gasteiger partial charge in [0, 0.05) is 81.3 Å². The van der Waals surface area contributed by atoms with Gasteiger partial charge in [-0.2, -0.15) is 0 Å². The van der Waals surface area contributed by atoms with Crippen LogP contribution in [0.15, 0.2) is 164 Å². The minimum absolute atomic E-state index is 0.00676. The summed E-state index contributed by atoms with van der Waals surface area (Å²) in [6.45, 7) is 32.4. The third-order valence-corrected chi connectivity index (χ3v) is 25.7. The van der Waals surface area contributed by atoms with E-state index in [1.807, 2.05) is 22.7 Å². The van der Waals surface area contributed by atoms with Gasteiger partial charge in [-0.05, 0) is 164 Å². The third kappa shape index (κ3) is 6.87. The molecule has 0 spiro atoms. The Balaban J connectivity index is 1.06. The van der Waals surface area contributed by atoms with Crippen LogP contribution in [-0.4, -0.2) is 12.3 Å². The lowest BCUT2D eigenvalue weighted by atomic mass is 9.32. The van der Waals surface area contributed by atoms with Crippen LogP contribution in [0.25, 0.3) is 40.3 Å². The average molecular weight is 1160 g/mol.